The third kappa shape index (κ3) is 4.66. The molecule has 0 radical (unpaired) electrons. The van der Waals surface area contributed by atoms with Crippen LogP contribution < -0.4 is 5.43 Å². The lowest BCUT2D eigenvalue weighted by Gasteiger charge is -2.16. The molecule has 0 saturated heterocycles. The molecule has 1 atom stereocenters. The van der Waals surface area contributed by atoms with Crippen molar-refractivity contribution in [3.05, 3.63) is 44.5 Å². The molecule has 0 saturated carbocycles. The standard InChI is InChI=1S/C20H24N2O4S/c1-11-4-6-17-14(8-11)9-18(27-17)20(25)22-21-12(2)16-10-15(26-13(16)3)5-7-19(23)24/h9-11H,4-8H2,1-3H3,(H,22,25)(H,23,24)/b21-12-/t11-/m0/s1. The van der Waals surface area contributed by atoms with Crippen molar-refractivity contribution in [2.24, 2.45) is 11.0 Å². The fourth-order valence-electron chi connectivity index (χ4n) is 3.32. The smallest absolute Gasteiger partial charge is 0.303 e. The van der Waals surface area contributed by atoms with Gasteiger partial charge < -0.3 is 9.52 Å². The van der Waals surface area contributed by atoms with Gasteiger partial charge in [0.15, 0.2) is 0 Å². The molecule has 144 valence electrons. The Morgan fingerprint density at radius 1 is 1.41 bits per heavy atom. The lowest BCUT2D eigenvalue weighted by atomic mass is 9.90. The van der Waals surface area contributed by atoms with Gasteiger partial charge in [0.2, 0.25) is 0 Å². The predicted molar refractivity (Wildman–Crippen MR) is 105 cm³/mol. The van der Waals surface area contributed by atoms with Gasteiger partial charge in [-0.05, 0) is 56.7 Å². The molecule has 0 fully saturated rings. The van der Waals surface area contributed by atoms with Crippen LogP contribution in [0.5, 0.6) is 0 Å². The highest BCUT2D eigenvalue weighted by atomic mass is 32.1. The quantitative estimate of drug-likeness (QED) is 0.579. The summed E-state index contributed by atoms with van der Waals surface area (Å²) < 4.78 is 5.59. The highest BCUT2D eigenvalue weighted by molar-refractivity contribution is 7.14. The minimum absolute atomic E-state index is 0.0149. The molecule has 1 aliphatic rings. The van der Waals surface area contributed by atoms with Gasteiger partial charge in [-0.1, -0.05) is 6.92 Å². The van der Waals surface area contributed by atoms with Gasteiger partial charge in [0.25, 0.3) is 5.91 Å². The van der Waals surface area contributed by atoms with E-state index in [1.165, 1.54) is 16.9 Å². The van der Waals surface area contributed by atoms with E-state index in [9.17, 15) is 9.59 Å². The van der Waals surface area contributed by atoms with Crippen LogP contribution in [0.1, 0.15) is 63.9 Å². The zero-order valence-electron chi connectivity index (χ0n) is 15.8. The molecule has 2 N–H and O–H groups in total. The predicted octanol–water partition coefficient (Wildman–Crippen LogP) is 3.95. The number of carboxylic acids is 1. The van der Waals surface area contributed by atoms with E-state index >= 15 is 0 Å². The van der Waals surface area contributed by atoms with Crippen molar-refractivity contribution >= 4 is 28.9 Å². The number of thiophene rings is 1. The number of hydrazone groups is 1. The van der Waals surface area contributed by atoms with Gasteiger partial charge in [-0.25, -0.2) is 5.43 Å². The number of aliphatic carboxylic acids is 1. The zero-order valence-corrected chi connectivity index (χ0v) is 16.6. The van der Waals surface area contributed by atoms with Gasteiger partial charge in [0.1, 0.15) is 11.5 Å². The van der Waals surface area contributed by atoms with Crippen molar-refractivity contribution in [1.29, 1.82) is 0 Å². The topological polar surface area (TPSA) is 91.9 Å². The van der Waals surface area contributed by atoms with E-state index in [2.05, 4.69) is 17.5 Å². The number of nitrogens with zero attached hydrogens (tertiary/aromatic N) is 1. The molecule has 27 heavy (non-hydrogen) atoms. The summed E-state index contributed by atoms with van der Waals surface area (Å²) in [5, 5.41) is 13.0. The van der Waals surface area contributed by atoms with Crippen LogP contribution in [-0.4, -0.2) is 22.7 Å². The number of carbonyl (C=O) groups excluding carboxylic acids is 1. The van der Waals surface area contributed by atoms with E-state index < -0.39 is 5.97 Å². The number of nitrogens with one attached hydrogen (secondary N) is 1. The van der Waals surface area contributed by atoms with Gasteiger partial charge in [-0.3, -0.25) is 9.59 Å². The second kappa shape index (κ2) is 8.08. The minimum Gasteiger partial charge on any atom is -0.481 e. The molecule has 7 heteroatoms. The first-order chi connectivity index (χ1) is 12.8. The van der Waals surface area contributed by atoms with Crippen LogP contribution in [0, 0.1) is 12.8 Å². The maximum Gasteiger partial charge on any atom is 0.303 e. The third-order valence-corrected chi connectivity index (χ3v) is 6.06. The van der Waals surface area contributed by atoms with Gasteiger partial charge in [-0.15, -0.1) is 11.3 Å². The monoisotopic (exact) mass is 388 g/mol. The van der Waals surface area contributed by atoms with Crippen molar-refractivity contribution < 1.29 is 19.1 Å². The summed E-state index contributed by atoms with van der Waals surface area (Å²) in [4.78, 5) is 25.1. The first-order valence-corrected chi connectivity index (χ1v) is 9.92. The van der Waals surface area contributed by atoms with Crippen LogP contribution >= 0.6 is 11.3 Å². The average molecular weight is 388 g/mol. The summed E-state index contributed by atoms with van der Waals surface area (Å²) in [5.41, 5.74) is 5.32. The number of amides is 1. The summed E-state index contributed by atoms with van der Waals surface area (Å²) in [7, 11) is 0. The van der Waals surface area contributed by atoms with Crippen LogP contribution in [0.2, 0.25) is 0 Å². The fourth-order valence-corrected chi connectivity index (χ4v) is 4.42. The summed E-state index contributed by atoms with van der Waals surface area (Å²) in [6, 6.07) is 3.78. The van der Waals surface area contributed by atoms with Gasteiger partial charge in [-0.2, -0.15) is 5.10 Å². The second-order valence-electron chi connectivity index (χ2n) is 7.12. The largest absolute Gasteiger partial charge is 0.481 e. The Kier molecular flexibility index (Phi) is 5.79. The Bertz CT molecular complexity index is 894. The molecular formula is C20H24N2O4S. The molecule has 0 spiro atoms. The molecule has 2 heterocycles. The molecule has 0 bridgehead atoms. The number of furan rings is 1. The van der Waals surface area contributed by atoms with Crippen molar-refractivity contribution in [2.45, 2.75) is 52.9 Å². The first-order valence-electron chi connectivity index (χ1n) is 9.11. The second-order valence-corrected chi connectivity index (χ2v) is 8.26. The van der Waals surface area contributed by atoms with Crippen LogP contribution in [-0.2, 0) is 24.1 Å². The number of hydrogen-bond donors (Lipinski definition) is 2. The summed E-state index contributed by atoms with van der Waals surface area (Å²) >= 11 is 1.55. The molecule has 0 aliphatic heterocycles. The van der Waals surface area contributed by atoms with E-state index in [1.54, 1.807) is 31.3 Å². The molecule has 2 aromatic rings. The van der Waals surface area contributed by atoms with Gasteiger partial charge >= 0.3 is 5.97 Å². The van der Waals surface area contributed by atoms with Gasteiger partial charge in [0, 0.05) is 16.9 Å². The molecule has 1 amide bonds. The lowest BCUT2D eigenvalue weighted by Crippen LogP contribution is -2.18. The highest BCUT2D eigenvalue weighted by Gasteiger charge is 2.20. The van der Waals surface area contributed by atoms with Crippen molar-refractivity contribution in [3.8, 4) is 0 Å². The van der Waals surface area contributed by atoms with Crippen LogP contribution in [0.4, 0.5) is 0 Å². The lowest BCUT2D eigenvalue weighted by molar-refractivity contribution is -0.137. The minimum atomic E-state index is -0.865. The molecule has 0 aromatic carbocycles. The summed E-state index contributed by atoms with van der Waals surface area (Å²) in [6.45, 7) is 5.83. The van der Waals surface area contributed by atoms with Crippen LogP contribution in [0.25, 0.3) is 0 Å². The maximum atomic E-state index is 12.5. The molecule has 0 unspecified atom stereocenters. The number of fused-ring (bicyclic) bond motifs is 1. The molecule has 3 rings (SSSR count). The molecule has 1 aliphatic carbocycles. The van der Waals surface area contributed by atoms with Crippen molar-refractivity contribution in [3.63, 3.8) is 0 Å². The highest BCUT2D eigenvalue weighted by Crippen LogP contribution is 2.32. The molecule has 6 nitrogen and oxygen atoms in total. The Morgan fingerprint density at radius 3 is 2.93 bits per heavy atom. The number of rotatable bonds is 6. The Labute approximate surface area is 162 Å². The van der Waals surface area contributed by atoms with E-state index in [0.717, 1.165) is 18.4 Å². The zero-order chi connectivity index (χ0) is 19.6. The SMILES string of the molecule is C/C(=N/NC(=O)c1cc2c(s1)CC[C@H](C)C2)c1cc(CCC(=O)O)oc1C. The number of aryl methyl sites for hydroxylation is 3. The van der Waals surface area contributed by atoms with Crippen molar-refractivity contribution in [2.75, 3.05) is 0 Å². The van der Waals surface area contributed by atoms with Crippen molar-refractivity contribution in [1.82, 2.24) is 5.43 Å². The third-order valence-electron chi connectivity index (χ3n) is 4.82. The van der Waals surface area contributed by atoms with Crippen LogP contribution in [0.3, 0.4) is 0 Å². The summed E-state index contributed by atoms with van der Waals surface area (Å²) in [6.07, 6.45) is 3.60. The van der Waals surface area contributed by atoms with E-state index in [1.807, 2.05) is 6.07 Å². The van der Waals surface area contributed by atoms with Crippen LogP contribution in [0.15, 0.2) is 21.7 Å². The van der Waals surface area contributed by atoms with E-state index in [4.69, 9.17) is 9.52 Å². The maximum absolute atomic E-state index is 12.5. The van der Waals surface area contributed by atoms with Gasteiger partial charge in [0.05, 0.1) is 17.0 Å². The average Bonchev–Trinajstić information content (AvgIpc) is 3.20. The normalized spacial score (nSPS) is 16.9. The number of carbonyl (C=O) groups is 2. The molecule has 2 aromatic heterocycles. The van der Waals surface area contributed by atoms with E-state index in [-0.39, 0.29) is 12.3 Å². The number of carboxylic acid groups (broad SMARTS) is 1. The van der Waals surface area contributed by atoms with E-state index in [0.29, 0.717) is 34.4 Å². The Balaban J connectivity index is 1.67. The summed E-state index contributed by atoms with van der Waals surface area (Å²) in [5.74, 6) is 0.866. The Morgan fingerprint density at radius 2 is 2.19 bits per heavy atom. The Hall–Kier alpha value is -2.41. The molecular weight excluding hydrogens is 364 g/mol. The number of hydrogen-bond acceptors (Lipinski definition) is 5. The fraction of sp³-hybridized carbons (Fsp3) is 0.450. The first kappa shape index (κ1) is 19.4.